The van der Waals surface area contributed by atoms with Crippen molar-refractivity contribution in [3.05, 3.63) is 28.5 Å². The molecule has 0 heterocycles. The molecule has 0 fully saturated rings. The van der Waals surface area contributed by atoms with Gasteiger partial charge in [0, 0.05) is 19.6 Å². The third kappa shape index (κ3) is 4.10. The zero-order chi connectivity index (χ0) is 12.2. The summed E-state index contributed by atoms with van der Waals surface area (Å²) in [6.07, 6.45) is 0.751. The lowest BCUT2D eigenvalue weighted by Crippen LogP contribution is -2.25. The van der Waals surface area contributed by atoms with E-state index in [-0.39, 0.29) is 11.4 Å². The first-order chi connectivity index (χ1) is 7.44. The van der Waals surface area contributed by atoms with Crippen LogP contribution in [0.15, 0.2) is 22.7 Å². The lowest BCUT2D eigenvalue weighted by Gasteiger charge is -2.22. The van der Waals surface area contributed by atoms with Crippen LogP contribution >= 0.6 is 15.9 Å². The average Bonchev–Trinajstić information content (AvgIpc) is 2.23. The zero-order valence-corrected chi connectivity index (χ0v) is 11.3. The van der Waals surface area contributed by atoms with Gasteiger partial charge in [0.05, 0.1) is 16.7 Å². The van der Waals surface area contributed by atoms with Gasteiger partial charge in [-0.2, -0.15) is 0 Å². The van der Waals surface area contributed by atoms with Gasteiger partial charge in [0.2, 0.25) is 0 Å². The normalized spacial score (nSPS) is 11.6. The molecule has 1 aromatic carbocycles. The SMILES string of the molecule is COC(C)(C)CCOc1ccc(Br)c(F)c1. The Kier molecular flexibility index (Phi) is 4.74. The maximum atomic E-state index is 13.2. The lowest BCUT2D eigenvalue weighted by molar-refractivity contribution is 0.00544. The molecule has 0 amide bonds. The van der Waals surface area contributed by atoms with Gasteiger partial charge in [0.25, 0.3) is 0 Å². The molecule has 0 saturated carbocycles. The highest BCUT2D eigenvalue weighted by Crippen LogP contribution is 2.21. The summed E-state index contributed by atoms with van der Waals surface area (Å²) in [4.78, 5) is 0. The Hall–Kier alpha value is -0.610. The van der Waals surface area contributed by atoms with E-state index in [4.69, 9.17) is 9.47 Å². The van der Waals surface area contributed by atoms with E-state index in [0.29, 0.717) is 16.8 Å². The third-order valence-electron chi connectivity index (χ3n) is 2.42. The van der Waals surface area contributed by atoms with Crippen LogP contribution in [-0.2, 0) is 4.74 Å². The number of rotatable bonds is 5. The Morgan fingerprint density at radius 3 is 2.62 bits per heavy atom. The van der Waals surface area contributed by atoms with Crippen molar-refractivity contribution in [2.75, 3.05) is 13.7 Å². The Labute approximate surface area is 104 Å². The van der Waals surface area contributed by atoms with Crippen LogP contribution in [0, 0.1) is 5.82 Å². The van der Waals surface area contributed by atoms with Gasteiger partial charge in [-0.15, -0.1) is 0 Å². The Balaban J connectivity index is 2.46. The summed E-state index contributed by atoms with van der Waals surface area (Å²) in [5, 5.41) is 0. The molecule has 0 aliphatic carbocycles. The smallest absolute Gasteiger partial charge is 0.141 e. The van der Waals surface area contributed by atoms with Crippen LogP contribution in [-0.4, -0.2) is 19.3 Å². The molecular weight excluding hydrogens is 275 g/mol. The molecule has 2 nitrogen and oxygen atoms in total. The maximum Gasteiger partial charge on any atom is 0.141 e. The minimum absolute atomic E-state index is 0.214. The summed E-state index contributed by atoms with van der Waals surface area (Å²) in [5.74, 6) is 0.219. The first kappa shape index (κ1) is 13.5. The van der Waals surface area contributed by atoms with Crippen molar-refractivity contribution < 1.29 is 13.9 Å². The Bertz CT molecular complexity index is 353. The van der Waals surface area contributed by atoms with E-state index in [1.54, 1.807) is 19.2 Å². The fourth-order valence-electron chi connectivity index (χ4n) is 1.08. The van der Waals surface area contributed by atoms with Crippen molar-refractivity contribution in [3.8, 4) is 5.75 Å². The maximum absolute atomic E-state index is 13.2. The van der Waals surface area contributed by atoms with Crippen LogP contribution in [0.1, 0.15) is 20.3 Å². The predicted octanol–water partition coefficient (Wildman–Crippen LogP) is 3.78. The predicted molar refractivity (Wildman–Crippen MR) is 65.3 cm³/mol. The molecule has 0 aromatic heterocycles. The van der Waals surface area contributed by atoms with E-state index in [1.807, 2.05) is 13.8 Å². The quantitative estimate of drug-likeness (QED) is 0.822. The second-order valence-electron chi connectivity index (χ2n) is 4.14. The molecule has 0 unspecified atom stereocenters. The third-order valence-corrected chi connectivity index (χ3v) is 3.06. The van der Waals surface area contributed by atoms with Crippen molar-refractivity contribution in [2.24, 2.45) is 0 Å². The van der Waals surface area contributed by atoms with E-state index in [0.717, 1.165) is 6.42 Å². The summed E-state index contributed by atoms with van der Waals surface area (Å²) in [6.45, 7) is 4.47. The standard InChI is InChI=1S/C12H16BrFO2/c1-12(2,15-3)6-7-16-9-4-5-10(13)11(14)8-9/h4-5,8H,6-7H2,1-3H3. The molecule has 1 aromatic rings. The van der Waals surface area contributed by atoms with Gasteiger partial charge in [0.1, 0.15) is 11.6 Å². The summed E-state index contributed by atoms with van der Waals surface area (Å²) in [7, 11) is 1.67. The molecule has 0 N–H and O–H groups in total. The topological polar surface area (TPSA) is 18.5 Å². The average molecular weight is 291 g/mol. The van der Waals surface area contributed by atoms with Crippen LogP contribution in [0.4, 0.5) is 4.39 Å². The molecule has 0 bridgehead atoms. The number of hydrogen-bond acceptors (Lipinski definition) is 2. The second-order valence-corrected chi connectivity index (χ2v) is 4.99. The van der Waals surface area contributed by atoms with Gasteiger partial charge in [-0.05, 0) is 41.9 Å². The second kappa shape index (κ2) is 5.64. The van der Waals surface area contributed by atoms with Crippen molar-refractivity contribution in [2.45, 2.75) is 25.9 Å². The number of methoxy groups -OCH3 is 1. The highest BCUT2D eigenvalue weighted by molar-refractivity contribution is 9.10. The molecule has 4 heteroatoms. The van der Waals surface area contributed by atoms with Crippen LogP contribution in [0.3, 0.4) is 0 Å². The molecule has 0 saturated heterocycles. The zero-order valence-electron chi connectivity index (χ0n) is 9.72. The van der Waals surface area contributed by atoms with Crippen molar-refractivity contribution in [1.82, 2.24) is 0 Å². The molecule has 0 aliphatic rings. The van der Waals surface area contributed by atoms with Gasteiger partial charge < -0.3 is 9.47 Å². The van der Waals surface area contributed by atoms with E-state index in [1.165, 1.54) is 6.07 Å². The van der Waals surface area contributed by atoms with Gasteiger partial charge in [-0.3, -0.25) is 0 Å². The lowest BCUT2D eigenvalue weighted by atomic mass is 10.1. The number of halogens is 2. The van der Waals surface area contributed by atoms with Crippen LogP contribution < -0.4 is 4.74 Å². The largest absolute Gasteiger partial charge is 0.493 e. The summed E-state index contributed by atoms with van der Waals surface area (Å²) < 4.78 is 24.3. The summed E-state index contributed by atoms with van der Waals surface area (Å²) in [6, 6.07) is 4.73. The van der Waals surface area contributed by atoms with Crippen molar-refractivity contribution >= 4 is 15.9 Å². The van der Waals surface area contributed by atoms with E-state index < -0.39 is 0 Å². The Morgan fingerprint density at radius 1 is 1.38 bits per heavy atom. The first-order valence-electron chi connectivity index (χ1n) is 5.07. The molecule has 0 atom stereocenters. The highest BCUT2D eigenvalue weighted by Gasteiger charge is 2.16. The number of hydrogen-bond donors (Lipinski definition) is 0. The monoisotopic (exact) mass is 290 g/mol. The van der Waals surface area contributed by atoms with Gasteiger partial charge in [0.15, 0.2) is 0 Å². The van der Waals surface area contributed by atoms with E-state index in [9.17, 15) is 4.39 Å². The Morgan fingerprint density at radius 2 is 2.06 bits per heavy atom. The van der Waals surface area contributed by atoms with Gasteiger partial charge >= 0.3 is 0 Å². The minimum Gasteiger partial charge on any atom is -0.493 e. The van der Waals surface area contributed by atoms with Crippen molar-refractivity contribution in [3.63, 3.8) is 0 Å². The molecule has 16 heavy (non-hydrogen) atoms. The fourth-order valence-corrected chi connectivity index (χ4v) is 1.33. The van der Waals surface area contributed by atoms with E-state index in [2.05, 4.69) is 15.9 Å². The molecule has 0 aliphatic heterocycles. The first-order valence-corrected chi connectivity index (χ1v) is 5.87. The van der Waals surface area contributed by atoms with Gasteiger partial charge in [-0.25, -0.2) is 4.39 Å². The van der Waals surface area contributed by atoms with Crippen LogP contribution in [0.25, 0.3) is 0 Å². The van der Waals surface area contributed by atoms with E-state index >= 15 is 0 Å². The minimum atomic E-state index is -0.316. The fraction of sp³-hybridized carbons (Fsp3) is 0.500. The summed E-state index contributed by atoms with van der Waals surface area (Å²) in [5.41, 5.74) is -0.214. The van der Waals surface area contributed by atoms with Crippen LogP contribution in [0.5, 0.6) is 5.75 Å². The van der Waals surface area contributed by atoms with Crippen molar-refractivity contribution in [1.29, 1.82) is 0 Å². The molecule has 0 radical (unpaired) electrons. The molecule has 0 spiro atoms. The summed E-state index contributed by atoms with van der Waals surface area (Å²) >= 11 is 3.09. The number of ether oxygens (including phenoxy) is 2. The molecular formula is C12H16BrFO2. The van der Waals surface area contributed by atoms with Crippen LogP contribution in [0.2, 0.25) is 0 Å². The molecule has 90 valence electrons. The number of benzene rings is 1. The highest BCUT2D eigenvalue weighted by atomic mass is 79.9. The van der Waals surface area contributed by atoms with Gasteiger partial charge in [-0.1, -0.05) is 0 Å². The molecule has 1 rings (SSSR count).